The Labute approximate surface area is 207 Å². The minimum Gasteiger partial charge on any atom is -0.358 e. The molecule has 0 spiro atoms. The maximum atomic E-state index is 13.6. The molecule has 5 rings (SSSR count). The number of anilines is 1. The van der Waals surface area contributed by atoms with Crippen LogP contribution in [0.15, 0.2) is 66.9 Å². The number of H-pyrrole nitrogens is 1. The van der Waals surface area contributed by atoms with Crippen molar-refractivity contribution in [3.63, 3.8) is 0 Å². The van der Waals surface area contributed by atoms with E-state index in [4.69, 9.17) is 0 Å². The average Bonchev–Trinajstić information content (AvgIpc) is 3.18. The van der Waals surface area contributed by atoms with E-state index in [0.717, 1.165) is 52.2 Å². The van der Waals surface area contributed by atoms with Gasteiger partial charge in [0.2, 0.25) is 0 Å². The van der Waals surface area contributed by atoms with Crippen molar-refractivity contribution in [3.8, 4) is 11.3 Å². The monoisotopic (exact) mass is 485 g/mol. The first-order chi connectivity index (χ1) is 17.2. The first-order valence-corrected chi connectivity index (χ1v) is 11.7. The number of rotatable bonds is 5. The third-order valence-electron chi connectivity index (χ3n) is 6.45. The lowest BCUT2D eigenvalue weighted by atomic mass is 9.75. The zero-order valence-electron chi connectivity index (χ0n) is 20.0. The molecule has 1 amide bonds. The van der Waals surface area contributed by atoms with Gasteiger partial charge in [0, 0.05) is 41.4 Å². The lowest BCUT2D eigenvalue weighted by Gasteiger charge is -2.28. The molecule has 0 saturated heterocycles. The summed E-state index contributed by atoms with van der Waals surface area (Å²) in [6, 6.07) is 16.4. The number of carbonyl (C=O) groups is 2. The predicted octanol–water partition coefficient (Wildman–Crippen LogP) is 6.35. The van der Waals surface area contributed by atoms with Gasteiger partial charge in [0.25, 0.3) is 5.91 Å². The lowest BCUT2D eigenvalue weighted by molar-refractivity contribution is 0.0910. The molecular formula is C29H25F2N3O2. The Kier molecular flexibility index (Phi) is 6.00. The van der Waals surface area contributed by atoms with Crippen LogP contribution < -0.4 is 5.32 Å². The van der Waals surface area contributed by atoms with Gasteiger partial charge in [-0.25, -0.2) is 13.8 Å². The smallest absolute Gasteiger partial charge is 0.256 e. The van der Waals surface area contributed by atoms with Crippen molar-refractivity contribution in [2.24, 2.45) is 5.41 Å². The normalized spacial score (nSPS) is 14.4. The highest BCUT2D eigenvalue weighted by molar-refractivity contribution is 6.04. The van der Waals surface area contributed by atoms with E-state index in [9.17, 15) is 18.4 Å². The molecule has 1 aliphatic rings. The molecule has 0 fully saturated rings. The second-order valence-electron chi connectivity index (χ2n) is 9.95. The standard InChI is InChI=1S/C29H25F2N3O2/c1-29(2)15-23-26(24(35)16-29)20(12-17-6-4-3-5-7-17)27(33-23)18-10-11-32-25(14-18)34-28(36)19-8-9-21(30)22(31)13-19/h3-11,13-14,33H,12,15-16H2,1-2H3,(H,32,34,36). The van der Waals surface area contributed by atoms with E-state index in [1.807, 2.05) is 36.4 Å². The number of fused-ring (bicyclic) bond motifs is 1. The van der Waals surface area contributed by atoms with E-state index in [2.05, 4.69) is 29.1 Å². The van der Waals surface area contributed by atoms with Crippen molar-refractivity contribution in [1.29, 1.82) is 0 Å². The number of Topliss-reactive ketones (excluding diaryl/α,β-unsaturated/α-hetero) is 1. The summed E-state index contributed by atoms with van der Waals surface area (Å²) < 4.78 is 26.8. The van der Waals surface area contributed by atoms with Gasteiger partial charge in [0.15, 0.2) is 17.4 Å². The molecule has 7 heteroatoms. The van der Waals surface area contributed by atoms with Crippen molar-refractivity contribution in [2.75, 3.05) is 5.32 Å². The quantitative estimate of drug-likeness (QED) is 0.346. The van der Waals surface area contributed by atoms with Crippen molar-refractivity contribution in [1.82, 2.24) is 9.97 Å². The molecule has 2 aromatic heterocycles. The zero-order valence-corrected chi connectivity index (χ0v) is 20.0. The number of hydrogen-bond donors (Lipinski definition) is 2. The number of nitrogens with zero attached hydrogens (tertiary/aromatic N) is 1. The summed E-state index contributed by atoms with van der Waals surface area (Å²) in [5, 5.41) is 2.65. The highest BCUT2D eigenvalue weighted by Crippen LogP contribution is 2.40. The second kappa shape index (κ2) is 9.15. The number of aromatic amines is 1. The molecule has 0 bridgehead atoms. The number of nitrogens with one attached hydrogen (secondary N) is 2. The Bertz CT molecular complexity index is 1480. The maximum Gasteiger partial charge on any atom is 0.256 e. The molecule has 2 heterocycles. The van der Waals surface area contributed by atoms with Crippen LogP contribution in [-0.2, 0) is 12.8 Å². The number of benzene rings is 2. The van der Waals surface area contributed by atoms with E-state index < -0.39 is 17.5 Å². The predicted molar refractivity (Wildman–Crippen MR) is 134 cm³/mol. The van der Waals surface area contributed by atoms with Crippen LogP contribution in [0.5, 0.6) is 0 Å². The van der Waals surface area contributed by atoms with Crippen molar-refractivity contribution in [3.05, 3.63) is 106 Å². The summed E-state index contributed by atoms with van der Waals surface area (Å²) in [5.74, 6) is -2.35. The van der Waals surface area contributed by atoms with Gasteiger partial charge < -0.3 is 10.3 Å². The highest BCUT2D eigenvalue weighted by atomic mass is 19.2. The number of pyridine rings is 1. The molecule has 1 aliphatic carbocycles. The minimum absolute atomic E-state index is 0.0194. The average molecular weight is 486 g/mol. The zero-order chi connectivity index (χ0) is 25.4. The van der Waals surface area contributed by atoms with Crippen LogP contribution in [0.2, 0.25) is 0 Å². The third kappa shape index (κ3) is 4.69. The molecule has 0 atom stereocenters. The van der Waals surface area contributed by atoms with Gasteiger partial charge in [-0.2, -0.15) is 0 Å². The largest absolute Gasteiger partial charge is 0.358 e. The van der Waals surface area contributed by atoms with Crippen LogP contribution in [0.3, 0.4) is 0 Å². The first kappa shape index (κ1) is 23.6. The number of halogens is 2. The van der Waals surface area contributed by atoms with Gasteiger partial charge in [0.1, 0.15) is 5.82 Å². The van der Waals surface area contributed by atoms with Crippen LogP contribution in [0, 0.1) is 17.0 Å². The van der Waals surface area contributed by atoms with Gasteiger partial charge in [-0.1, -0.05) is 44.2 Å². The lowest BCUT2D eigenvalue weighted by Crippen LogP contribution is -2.27. The minimum atomic E-state index is -1.10. The summed E-state index contributed by atoms with van der Waals surface area (Å²) in [6.07, 6.45) is 3.37. The topological polar surface area (TPSA) is 74.8 Å². The molecule has 0 unspecified atom stereocenters. The molecule has 182 valence electrons. The van der Waals surface area contributed by atoms with Gasteiger partial charge in [-0.3, -0.25) is 9.59 Å². The van der Waals surface area contributed by atoms with Crippen molar-refractivity contribution < 1.29 is 18.4 Å². The molecule has 2 aromatic carbocycles. The van der Waals surface area contributed by atoms with E-state index in [1.165, 1.54) is 6.07 Å². The van der Waals surface area contributed by atoms with Crippen molar-refractivity contribution in [2.45, 2.75) is 33.1 Å². The summed E-state index contributed by atoms with van der Waals surface area (Å²) in [6.45, 7) is 4.17. The SMILES string of the molecule is CC1(C)CC(=O)c2c([nH]c(-c3ccnc(NC(=O)c4ccc(F)c(F)c4)c3)c2Cc2ccccc2)C1. The van der Waals surface area contributed by atoms with Gasteiger partial charge >= 0.3 is 0 Å². The number of ketones is 1. The Balaban J connectivity index is 1.53. The molecule has 0 aliphatic heterocycles. The Morgan fingerprint density at radius 2 is 1.81 bits per heavy atom. The first-order valence-electron chi connectivity index (χ1n) is 11.7. The summed E-state index contributed by atoms with van der Waals surface area (Å²) in [7, 11) is 0. The summed E-state index contributed by atoms with van der Waals surface area (Å²) in [5.41, 5.74) is 5.07. The molecule has 0 radical (unpaired) electrons. The van der Waals surface area contributed by atoms with E-state index >= 15 is 0 Å². The van der Waals surface area contributed by atoms with Crippen LogP contribution in [0.25, 0.3) is 11.3 Å². The van der Waals surface area contributed by atoms with Gasteiger partial charge in [-0.05, 0) is 53.3 Å². The fourth-order valence-corrected chi connectivity index (χ4v) is 4.83. The number of hydrogen-bond acceptors (Lipinski definition) is 3. The Morgan fingerprint density at radius 3 is 2.56 bits per heavy atom. The molecule has 4 aromatic rings. The van der Waals surface area contributed by atoms with E-state index in [0.29, 0.717) is 12.8 Å². The fourth-order valence-electron chi connectivity index (χ4n) is 4.83. The molecule has 5 nitrogen and oxygen atoms in total. The maximum absolute atomic E-state index is 13.6. The van der Waals surface area contributed by atoms with Gasteiger partial charge in [0.05, 0.1) is 5.69 Å². The van der Waals surface area contributed by atoms with Crippen LogP contribution in [0.1, 0.15) is 57.8 Å². The van der Waals surface area contributed by atoms with E-state index in [-0.39, 0.29) is 22.6 Å². The second-order valence-corrected chi connectivity index (χ2v) is 9.95. The summed E-state index contributed by atoms with van der Waals surface area (Å²) >= 11 is 0. The van der Waals surface area contributed by atoms with Crippen LogP contribution >= 0.6 is 0 Å². The summed E-state index contributed by atoms with van der Waals surface area (Å²) in [4.78, 5) is 33.6. The number of aromatic nitrogens is 2. The molecule has 36 heavy (non-hydrogen) atoms. The fraction of sp³-hybridized carbons (Fsp3) is 0.207. The molecular weight excluding hydrogens is 460 g/mol. The highest BCUT2D eigenvalue weighted by Gasteiger charge is 2.35. The van der Waals surface area contributed by atoms with Gasteiger partial charge in [-0.15, -0.1) is 0 Å². The Hall–Kier alpha value is -4.13. The van der Waals surface area contributed by atoms with Crippen LogP contribution in [-0.4, -0.2) is 21.7 Å². The number of amides is 1. The molecule has 2 N–H and O–H groups in total. The number of carbonyl (C=O) groups excluding carboxylic acids is 2. The third-order valence-corrected chi connectivity index (χ3v) is 6.45. The molecule has 0 saturated carbocycles. The van der Waals surface area contributed by atoms with E-state index in [1.54, 1.807) is 12.3 Å². The van der Waals surface area contributed by atoms with Crippen molar-refractivity contribution >= 4 is 17.5 Å². The van der Waals surface area contributed by atoms with Crippen LogP contribution in [0.4, 0.5) is 14.6 Å². The Morgan fingerprint density at radius 1 is 1.03 bits per heavy atom.